The van der Waals surface area contributed by atoms with Gasteiger partial charge in [-0.05, 0) is 28.8 Å². The van der Waals surface area contributed by atoms with Crippen LogP contribution in [0.2, 0.25) is 0 Å². The summed E-state index contributed by atoms with van der Waals surface area (Å²) >= 11 is 0. The van der Waals surface area contributed by atoms with Crippen LogP contribution in [0.1, 0.15) is 16.7 Å². The number of ether oxygens (including phenoxy) is 1. The summed E-state index contributed by atoms with van der Waals surface area (Å²) in [5.74, 6) is -0.105. The van der Waals surface area contributed by atoms with Crippen LogP contribution in [-0.2, 0) is 10.2 Å². The zero-order chi connectivity index (χ0) is 19.3. The molecule has 0 spiro atoms. The number of carbonyl (C=O) groups excluding carboxylic acids is 1. The van der Waals surface area contributed by atoms with Gasteiger partial charge in [0.05, 0.1) is 6.54 Å². The predicted octanol–water partition coefficient (Wildman–Crippen LogP) is 2.82. The number of rotatable bonds is 6. The number of amidine groups is 1. The van der Waals surface area contributed by atoms with Crippen molar-refractivity contribution in [3.63, 3.8) is 0 Å². The van der Waals surface area contributed by atoms with Gasteiger partial charge in [0.2, 0.25) is 0 Å². The first kappa shape index (κ1) is 18.4. The Morgan fingerprint density at radius 1 is 0.815 bits per heavy atom. The van der Waals surface area contributed by atoms with Crippen molar-refractivity contribution in [2.75, 3.05) is 6.54 Å². The number of hydrogen-bond acceptors (Lipinski definition) is 4. The molecular weight excluding hydrogens is 338 g/mol. The zero-order valence-corrected chi connectivity index (χ0v) is 14.8. The molecule has 0 heterocycles. The standard InChI is InChI=1S/C22H21N3O2/c23-15-20(26)27-19-13-11-18(12-14-19)22(21(24)25,16-7-3-1-4-8-16)17-9-5-2-6-10-17/h1-14H,15,23H2,(H3,24,25). The molecule has 0 aromatic heterocycles. The van der Waals surface area contributed by atoms with E-state index in [0.717, 1.165) is 16.7 Å². The van der Waals surface area contributed by atoms with Crippen molar-refractivity contribution >= 4 is 11.8 Å². The van der Waals surface area contributed by atoms with Crippen LogP contribution >= 0.6 is 0 Å². The van der Waals surface area contributed by atoms with E-state index in [1.54, 1.807) is 12.1 Å². The number of nitrogens with two attached hydrogens (primary N) is 2. The minimum Gasteiger partial charge on any atom is -0.426 e. The smallest absolute Gasteiger partial charge is 0.325 e. The van der Waals surface area contributed by atoms with E-state index in [1.807, 2.05) is 72.8 Å². The van der Waals surface area contributed by atoms with E-state index < -0.39 is 11.4 Å². The van der Waals surface area contributed by atoms with Crippen molar-refractivity contribution in [2.24, 2.45) is 11.5 Å². The van der Waals surface area contributed by atoms with Crippen molar-refractivity contribution in [3.05, 3.63) is 102 Å². The largest absolute Gasteiger partial charge is 0.426 e. The van der Waals surface area contributed by atoms with Crippen LogP contribution in [0.4, 0.5) is 0 Å². The third-order valence-corrected chi connectivity index (χ3v) is 4.50. The lowest BCUT2D eigenvalue weighted by atomic mass is 9.68. The third kappa shape index (κ3) is 3.45. The fourth-order valence-corrected chi connectivity index (χ4v) is 3.29. The van der Waals surface area contributed by atoms with Crippen molar-refractivity contribution in [2.45, 2.75) is 5.41 Å². The van der Waals surface area contributed by atoms with Crippen LogP contribution in [0.3, 0.4) is 0 Å². The van der Waals surface area contributed by atoms with Crippen LogP contribution in [0.5, 0.6) is 5.75 Å². The topological polar surface area (TPSA) is 102 Å². The quantitative estimate of drug-likeness (QED) is 0.207. The van der Waals surface area contributed by atoms with Gasteiger partial charge >= 0.3 is 5.97 Å². The highest BCUT2D eigenvalue weighted by atomic mass is 16.5. The maximum atomic E-state index is 11.4. The Morgan fingerprint density at radius 2 is 1.26 bits per heavy atom. The lowest BCUT2D eigenvalue weighted by Crippen LogP contribution is -2.42. The van der Waals surface area contributed by atoms with Gasteiger partial charge in [0, 0.05) is 0 Å². The number of carbonyl (C=O) groups is 1. The number of esters is 1. The monoisotopic (exact) mass is 359 g/mol. The number of hydrogen-bond donors (Lipinski definition) is 3. The summed E-state index contributed by atoms with van der Waals surface area (Å²) in [7, 11) is 0. The predicted molar refractivity (Wildman–Crippen MR) is 106 cm³/mol. The Kier molecular flexibility index (Phi) is 5.33. The molecule has 3 aromatic carbocycles. The fraction of sp³-hybridized carbons (Fsp3) is 0.0909. The summed E-state index contributed by atoms with van der Waals surface area (Å²) in [6.45, 7) is -0.187. The molecule has 0 radical (unpaired) electrons. The second-order valence-corrected chi connectivity index (χ2v) is 6.10. The SMILES string of the molecule is N=C(N)C(c1ccccc1)(c1ccccc1)c1ccc(OC(=O)CN)cc1. The summed E-state index contributed by atoms with van der Waals surface area (Å²) in [4.78, 5) is 11.4. The van der Waals surface area contributed by atoms with Gasteiger partial charge in [-0.2, -0.15) is 0 Å². The van der Waals surface area contributed by atoms with Crippen LogP contribution in [0.15, 0.2) is 84.9 Å². The first-order valence-corrected chi connectivity index (χ1v) is 8.56. The normalized spacial score (nSPS) is 11.0. The summed E-state index contributed by atoms with van der Waals surface area (Å²) in [5, 5.41) is 8.48. The van der Waals surface area contributed by atoms with E-state index >= 15 is 0 Å². The van der Waals surface area contributed by atoms with Crippen LogP contribution in [0, 0.1) is 5.41 Å². The molecule has 0 bridgehead atoms. The van der Waals surface area contributed by atoms with E-state index in [-0.39, 0.29) is 12.4 Å². The number of nitrogens with one attached hydrogen (secondary N) is 1. The van der Waals surface area contributed by atoms with Gasteiger partial charge in [-0.1, -0.05) is 72.8 Å². The molecule has 0 amide bonds. The van der Waals surface area contributed by atoms with E-state index in [0.29, 0.717) is 5.75 Å². The lowest BCUT2D eigenvalue weighted by molar-refractivity contribution is -0.132. The summed E-state index contributed by atoms with van der Waals surface area (Å²) in [6, 6.07) is 26.4. The molecule has 5 N–H and O–H groups in total. The average Bonchev–Trinajstić information content (AvgIpc) is 2.71. The van der Waals surface area contributed by atoms with Gasteiger partial charge in [-0.25, -0.2) is 0 Å². The molecule has 0 saturated carbocycles. The van der Waals surface area contributed by atoms with E-state index in [9.17, 15) is 4.79 Å². The number of benzene rings is 3. The molecule has 0 aliphatic carbocycles. The molecule has 5 nitrogen and oxygen atoms in total. The third-order valence-electron chi connectivity index (χ3n) is 4.50. The van der Waals surface area contributed by atoms with Gasteiger partial charge in [-0.15, -0.1) is 0 Å². The molecule has 0 aliphatic heterocycles. The lowest BCUT2D eigenvalue weighted by Gasteiger charge is -2.34. The van der Waals surface area contributed by atoms with Gasteiger partial charge in [0.15, 0.2) is 0 Å². The Bertz CT molecular complexity index is 883. The Morgan fingerprint density at radius 3 is 1.67 bits per heavy atom. The van der Waals surface area contributed by atoms with Crippen molar-refractivity contribution in [1.29, 1.82) is 5.41 Å². The molecule has 3 rings (SSSR count). The first-order valence-electron chi connectivity index (χ1n) is 8.56. The first-order chi connectivity index (χ1) is 13.1. The van der Waals surface area contributed by atoms with Crippen LogP contribution in [0.25, 0.3) is 0 Å². The van der Waals surface area contributed by atoms with Gasteiger partial charge in [0.25, 0.3) is 0 Å². The minimum atomic E-state index is -0.946. The molecule has 0 saturated heterocycles. The van der Waals surface area contributed by atoms with Crippen molar-refractivity contribution in [1.82, 2.24) is 0 Å². The maximum Gasteiger partial charge on any atom is 0.325 e. The molecular formula is C22H21N3O2. The van der Waals surface area contributed by atoms with Crippen LogP contribution < -0.4 is 16.2 Å². The molecule has 136 valence electrons. The molecule has 0 aliphatic rings. The second-order valence-electron chi connectivity index (χ2n) is 6.10. The Hall–Kier alpha value is -3.44. The molecule has 3 aromatic rings. The summed E-state index contributed by atoms with van der Waals surface area (Å²) < 4.78 is 5.15. The van der Waals surface area contributed by atoms with E-state index in [2.05, 4.69) is 0 Å². The second kappa shape index (κ2) is 7.85. The van der Waals surface area contributed by atoms with Crippen LogP contribution in [-0.4, -0.2) is 18.3 Å². The fourth-order valence-electron chi connectivity index (χ4n) is 3.29. The highest BCUT2D eigenvalue weighted by Crippen LogP contribution is 2.39. The van der Waals surface area contributed by atoms with E-state index in [1.165, 1.54) is 0 Å². The maximum absolute atomic E-state index is 11.4. The van der Waals surface area contributed by atoms with Crippen molar-refractivity contribution < 1.29 is 9.53 Å². The van der Waals surface area contributed by atoms with Gasteiger partial charge < -0.3 is 16.2 Å². The molecule has 0 fully saturated rings. The van der Waals surface area contributed by atoms with Crippen molar-refractivity contribution in [3.8, 4) is 5.75 Å². The average molecular weight is 359 g/mol. The van der Waals surface area contributed by atoms with Gasteiger partial charge in [0.1, 0.15) is 17.0 Å². The highest BCUT2D eigenvalue weighted by molar-refractivity contribution is 5.97. The van der Waals surface area contributed by atoms with Gasteiger partial charge in [-0.3, -0.25) is 10.2 Å². The highest BCUT2D eigenvalue weighted by Gasteiger charge is 2.39. The molecule has 5 heteroatoms. The Balaban J connectivity index is 2.18. The molecule has 27 heavy (non-hydrogen) atoms. The molecule has 0 atom stereocenters. The zero-order valence-electron chi connectivity index (χ0n) is 14.8. The summed E-state index contributed by atoms with van der Waals surface area (Å²) in [5.41, 5.74) is 13.1. The molecule has 0 unspecified atom stereocenters. The van der Waals surface area contributed by atoms with E-state index in [4.69, 9.17) is 21.6 Å². The Labute approximate surface area is 158 Å². The summed E-state index contributed by atoms with van der Waals surface area (Å²) in [6.07, 6.45) is 0. The minimum absolute atomic E-state index is 0.00611.